The second-order valence-electron chi connectivity index (χ2n) is 11.3. The number of nitrogens with zero attached hydrogens (tertiary/aromatic N) is 1. The van der Waals surface area contributed by atoms with Crippen LogP contribution in [0.1, 0.15) is 48.8 Å². The maximum atomic E-state index is 13.9. The molecule has 0 spiro atoms. The molecule has 2 aromatic carbocycles. The lowest BCUT2D eigenvalue weighted by molar-refractivity contribution is -0.140. The minimum absolute atomic E-state index is 0.186. The molecule has 3 atom stereocenters. The van der Waals surface area contributed by atoms with Crippen molar-refractivity contribution in [2.24, 2.45) is 11.7 Å². The quantitative estimate of drug-likeness (QED) is 0.269. The van der Waals surface area contributed by atoms with Crippen LogP contribution in [0.4, 0.5) is 0 Å². The molecule has 0 aliphatic carbocycles. The number of carbonyl (C=O) groups is 2. The smallest absolute Gasteiger partial charge is 0.243 e. The fourth-order valence-corrected chi connectivity index (χ4v) is 6.43. The predicted octanol–water partition coefficient (Wildman–Crippen LogP) is 2.30. The Bertz CT molecular complexity index is 1290. The number of rotatable bonds is 13. The third-order valence-corrected chi connectivity index (χ3v) is 8.91. The van der Waals surface area contributed by atoms with Gasteiger partial charge in [0.25, 0.3) is 0 Å². The number of nitrogens with one attached hydrogen (secondary N) is 3. The van der Waals surface area contributed by atoms with Crippen molar-refractivity contribution in [1.82, 2.24) is 20.3 Å². The molecule has 5 N–H and O–H groups in total. The Morgan fingerprint density at radius 2 is 1.71 bits per heavy atom. The van der Waals surface area contributed by atoms with E-state index in [-0.39, 0.29) is 12.5 Å². The van der Waals surface area contributed by atoms with E-state index in [4.69, 9.17) is 22.1 Å². The van der Waals surface area contributed by atoms with Crippen molar-refractivity contribution in [3.05, 3.63) is 70.2 Å². The van der Waals surface area contributed by atoms with Crippen LogP contribution in [-0.2, 0) is 44.0 Å². The molecule has 230 valence electrons. The Morgan fingerprint density at radius 3 is 2.36 bits per heavy atom. The number of likely N-dealkylation sites (tertiary alicyclic amines) is 1. The molecule has 2 aliphatic rings. The fourth-order valence-electron chi connectivity index (χ4n) is 5.57. The van der Waals surface area contributed by atoms with Crippen LogP contribution in [0, 0.1) is 5.92 Å². The van der Waals surface area contributed by atoms with Gasteiger partial charge in [0.2, 0.25) is 21.8 Å². The lowest BCUT2D eigenvalue weighted by Gasteiger charge is -2.30. The number of sulfonamides is 1. The predicted molar refractivity (Wildman–Crippen MR) is 163 cm³/mol. The summed E-state index contributed by atoms with van der Waals surface area (Å²) in [5.74, 6) is -0.290. The van der Waals surface area contributed by atoms with Gasteiger partial charge < -0.3 is 26.0 Å². The molecule has 2 amide bonds. The average molecular weight is 620 g/mol. The van der Waals surface area contributed by atoms with Gasteiger partial charge in [-0.1, -0.05) is 48.0 Å². The van der Waals surface area contributed by atoms with Gasteiger partial charge in [-0.2, -0.15) is 0 Å². The molecular weight excluding hydrogens is 578 g/mol. The molecule has 2 aliphatic heterocycles. The van der Waals surface area contributed by atoms with Gasteiger partial charge in [-0.25, -0.2) is 13.1 Å². The Morgan fingerprint density at radius 1 is 1.07 bits per heavy atom. The van der Waals surface area contributed by atoms with Crippen molar-refractivity contribution in [3.63, 3.8) is 0 Å². The molecule has 0 aromatic heterocycles. The number of nitrogens with two attached hydrogens (primary N) is 1. The number of piperidine rings is 1. The molecule has 10 nitrogen and oxygen atoms in total. The molecule has 42 heavy (non-hydrogen) atoms. The second-order valence-corrected chi connectivity index (χ2v) is 13.5. The second kappa shape index (κ2) is 15.3. The summed E-state index contributed by atoms with van der Waals surface area (Å²) in [5.41, 5.74) is 8.51. The largest absolute Gasteiger partial charge is 0.372 e. The van der Waals surface area contributed by atoms with Gasteiger partial charge in [-0.3, -0.25) is 9.59 Å². The van der Waals surface area contributed by atoms with E-state index in [2.05, 4.69) is 15.4 Å². The number of benzene rings is 2. The highest BCUT2D eigenvalue weighted by atomic mass is 35.5. The Balaban J connectivity index is 1.47. The van der Waals surface area contributed by atoms with Crippen LogP contribution in [0.3, 0.4) is 0 Å². The van der Waals surface area contributed by atoms with Gasteiger partial charge in [0, 0.05) is 31.1 Å². The van der Waals surface area contributed by atoms with Crippen LogP contribution in [0.5, 0.6) is 0 Å². The van der Waals surface area contributed by atoms with E-state index in [0.29, 0.717) is 43.5 Å². The maximum absolute atomic E-state index is 13.9. The highest BCUT2D eigenvalue weighted by Gasteiger charge is 2.42. The summed E-state index contributed by atoms with van der Waals surface area (Å²) in [6.07, 6.45) is 4.03. The number of ether oxygens (including phenoxy) is 1. The van der Waals surface area contributed by atoms with Crippen LogP contribution in [-0.4, -0.2) is 69.2 Å². The van der Waals surface area contributed by atoms with E-state index < -0.39 is 34.1 Å². The summed E-state index contributed by atoms with van der Waals surface area (Å²) in [6.45, 7) is 3.04. The van der Waals surface area contributed by atoms with E-state index in [1.54, 1.807) is 12.1 Å². The first-order chi connectivity index (χ1) is 20.1. The molecule has 12 heteroatoms. The monoisotopic (exact) mass is 619 g/mol. The van der Waals surface area contributed by atoms with E-state index in [0.717, 1.165) is 55.3 Å². The normalized spacial score (nSPS) is 20.4. The number of hydrogen-bond acceptors (Lipinski definition) is 7. The fraction of sp³-hybridized carbons (Fsp3) is 0.533. The van der Waals surface area contributed by atoms with Crippen molar-refractivity contribution < 1.29 is 22.7 Å². The maximum Gasteiger partial charge on any atom is 0.243 e. The zero-order chi connectivity index (χ0) is 30.1. The van der Waals surface area contributed by atoms with Gasteiger partial charge in [0.1, 0.15) is 12.1 Å². The van der Waals surface area contributed by atoms with Crippen molar-refractivity contribution in [2.75, 3.05) is 25.9 Å². The lowest BCUT2D eigenvalue weighted by atomic mass is 9.91. The van der Waals surface area contributed by atoms with Gasteiger partial charge >= 0.3 is 0 Å². The molecular formula is C30H42ClN5O5S. The molecule has 2 fully saturated rings. The standard InChI is InChI=1S/C30H42ClN5O5S/c1-42(39,40)35-27(11-8-21-12-14-33-15-13-21)30(38)36-19-26(41-20-24-6-9-25(31)10-7-24)16-28(36)29(37)34-18-23-4-2-22(17-32)3-5-23/h2-7,9-10,21,26-28,33,35H,8,11-20,32H2,1H3,(H,34,37)/t26-,27-,28-/m1/s1. The number of hydrogen-bond donors (Lipinski definition) is 4. The Kier molecular flexibility index (Phi) is 11.8. The minimum atomic E-state index is -3.67. The van der Waals surface area contributed by atoms with Crippen molar-refractivity contribution >= 4 is 33.4 Å². The summed E-state index contributed by atoms with van der Waals surface area (Å²) in [4.78, 5) is 28.9. The van der Waals surface area contributed by atoms with Gasteiger partial charge in [0.05, 0.1) is 19.0 Å². The van der Waals surface area contributed by atoms with Crippen LogP contribution in [0.25, 0.3) is 0 Å². The first-order valence-electron chi connectivity index (χ1n) is 14.5. The zero-order valence-electron chi connectivity index (χ0n) is 24.1. The zero-order valence-corrected chi connectivity index (χ0v) is 25.6. The molecule has 0 saturated carbocycles. The highest BCUT2D eigenvalue weighted by Crippen LogP contribution is 2.26. The third-order valence-electron chi connectivity index (χ3n) is 7.95. The summed E-state index contributed by atoms with van der Waals surface area (Å²) >= 11 is 6.00. The van der Waals surface area contributed by atoms with Crippen LogP contribution < -0.4 is 21.1 Å². The number of amides is 2. The number of carbonyl (C=O) groups excluding carboxylic acids is 2. The molecule has 2 saturated heterocycles. The van der Waals surface area contributed by atoms with Crippen LogP contribution in [0.2, 0.25) is 5.02 Å². The van der Waals surface area contributed by atoms with Crippen molar-refractivity contribution in [3.8, 4) is 0 Å². The van der Waals surface area contributed by atoms with Gasteiger partial charge in [-0.15, -0.1) is 0 Å². The molecule has 2 heterocycles. The minimum Gasteiger partial charge on any atom is -0.372 e. The lowest BCUT2D eigenvalue weighted by Crippen LogP contribution is -2.53. The van der Waals surface area contributed by atoms with Crippen molar-refractivity contribution in [1.29, 1.82) is 0 Å². The van der Waals surface area contributed by atoms with E-state index in [9.17, 15) is 18.0 Å². The Hall–Kier alpha value is -2.54. The first kappa shape index (κ1) is 32.4. The Labute approximate surface area is 253 Å². The van der Waals surface area contributed by atoms with Gasteiger partial charge in [0.15, 0.2) is 0 Å². The average Bonchev–Trinajstić information content (AvgIpc) is 3.42. The van der Waals surface area contributed by atoms with Crippen LogP contribution in [0.15, 0.2) is 48.5 Å². The topological polar surface area (TPSA) is 143 Å². The molecule has 0 bridgehead atoms. The van der Waals surface area contributed by atoms with E-state index >= 15 is 0 Å². The highest BCUT2D eigenvalue weighted by molar-refractivity contribution is 7.88. The SMILES string of the molecule is CS(=O)(=O)N[C@H](CCC1CCNCC1)C(=O)N1C[C@H](OCc2ccc(Cl)cc2)C[C@@H]1C(=O)NCc1ccc(CN)cc1. The van der Waals surface area contributed by atoms with E-state index in [1.165, 1.54) is 4.90 Å². The summed E-state index contributed by atoms with van der Waals surface area (Å²) < 4.78 is 33.2. The first-order valence-corrected chi connectivity index (χ1v) is 16.8. The van der Waals surface area contributed by atoms with Gasteiger partial charge in [-0.05, 0) is 73.5 Å². The molecule has 0 radical (unpaired) electrons. The van der Waals surface area contributed by atoms with Crippen LogP contribution >= 0.6 is 11.6 Å². The summed E-state index contributed by atoms with van der Waals surface area (Å²) in [5, 5.41) is 6.91. The molecule has 2 aromatic rings. The molecule has 4 rings (SSSR count). The summed E-state index contributed by atoms with van der Waals surface area (Å²) in [6, 6.07) is 13.2. The van der Waals surface area contributed by atoms with Crippen molar-refractivity contribution in [2.45, 2.75) is 70.0 Å². The third kappa shape index (κ3) is 9.75. The van der Waals surface area contributed by atoms with E-state index in [1.807, 2.05) is 36.4 Å². The summed E-state index contributed by atoms with van der Waals surface area (Å²) in [7, 11) is -3.67. The molecule has 0 unspecified atom stereocenters. The number of halogens is 1.